The van der Waals surface area contributed by atoms with Crippen LogP contribution in [0.2, 0.25) is 0 Å². The third-order valence-electron chi connectivity index (χ3n) is 10.2. The Kier molecular flexibility index (Phi) is 26.4. The second-order valence-electron chi connectivity index (χ2n) is 15.8. The first-order chi connectivity index (χ1) is 39.3. The van der Waals surface area contributed by atoms with E-state index in [2.05, 4.69) is 117 Å². The molecule has 0 aliphatic rings. The number of rotatable bonds is 16. The fourth-order valence-corrected chi connectivity index (χ4v) is 6.83. The predicted molar refractivity (Wildman–Crippen MR) is 302 cm³/mol. The zero-order valence-corrected chi connectivity index (χ0v) is 45.8. The Bertz CT molecular complexity index is 3430. The zero-order valence-electron chi connectivity index (χ0n) is 42.6. The van der Waals surface area contributed by atoms with E-state index in [9.17, 15) is 20.2 Å². The fourth-order valence-electron chi connectivity index (χ4n) is 6.57. The zero-order chi connectivity index (χ0) is 58.4. The number of tetrazole rings is 4. The molecule has 0 fully saturated rings. The van der Waals surface area contributed by atoms with Crippen molar-refractivity contribution in [2.24, 2.45) is 0 Å². The number of nitro groups is 2. The largest absolute Gasteiger partial charge is 0.488 e. The first-order valence-corrected chi connectivity index (χ1v) is 25.8. The molecule has 10 aromatic rings. The summed E-state index contributed by atoms with van der Waals surface area (Å²) in [4.78, 5) is 24.4. The minimum Gasteiger partial charge on any atom is -0.423 e. The maximum atomic E-state index is 10.8. The summed E-state index contributed by atoms with van der Waals surface area (Å²) < 4.78 is 1.07. The summed E-state index contributed by atoms with van der Waals surface area (Å²) in [5.41, 5.74) is 11.5. The number of nitrogen functional groups attached to an aromatic ring is 1. The molecule has 81 heavy (non-hydrogen) atoms. The lowest BCUT2D eigenvalue weighted by molar-refractivity contribution is -0.384. The lowest BCUT2D eigenvalue weighted by Crippen LogP contribution is -2.29. The van der Waals surface area contributed by atoms with E-state index in [1.165, 1.54) is 32.1 Å². The standard InChI is InChI=1S/C16H15BrN4O.C9H9N5O3.C9H11N5O.C7H5N5O2.C6H7BO2.C2H5BrO/c17-14-7-5-12(6-8-14)11-13-3-1-2-4-15(13)16-18-20-21(19-16)9-10-22;15-6-5-13-11-9(10-12-13)7-3-1-2-4-8(7)14(16)17;10-8-4-2-1-3-7(8)9-11-13-14(12-9)5-6-15;13-12(14)6-4-2-1-3-5(6)7-8-10-11-9-7;8-7(9)6-4-2-1-3-5-6;3-1-2-4/h1-8,22H,9-11H2;1-4,15H,5-6H2;1-4,15H,5-6,10H2;1-4H,(H,8,9,10,11);1-5,8-9H;4H,1-2H2. The van der Waals surface area contributed by atoms with E-state index < -0.39 is 17.0 Å². The quantitative estimate of drug-likeness (QED) is 0.0226. The normalized spacial score (nSPS) is 10.2. The fraction of sp³-hybridized carbons (Fsp3) is 0.184. The Morgan fingerprint density at radius 1 is 0.531 bits per heavy atom. The van der Waals surface area contributed by atoms with Crippen molar-refractivity contribution in [2.75, 3.05) is 37.5 Å². The second-order valence-corrected chi connectivity index (χ2v) is 17.5. The van der Waals surface area contributed by atoms with Gasteiger partial charge in [-0.15, -0.1) is 40.8 Å². The summed E-state index contributed by atoms with van der Waals surface area (Å²) in [6.45, 7) is 0.984. The highest BCUT2D eigenvalue weighted by Gasteiger charge is 2.19. The SMILES string of the molecule is Nc1ccccc1-c1nnn(CCO)n1.O=[N+]([O-])c1ccccc1-c1nn[nH]n1.O=[N+]([O-])c1ccccc1-c1nnn(CCO)n1.OB(O)c1ccccc1.OCCBr.OCCn1nnc(-c2ccccc2Cc2ccc(Br)cc2)n1. The molecule has 420 valence electrons. The minimum absolute atomic E-state index is 0.00363. The molecule has 0 amide bonds. The van der Waals surface area contributed by atoms with Crippen LogP contribution in [0.1, 0.15) is 11.1 Å². The van der Waals surface area contributed by atoms with Crippen LogP contribution in [0, 0.1) is 20.2 Å². The van der Waals surface area contributed by atoms with Gasteiger partial charge in [0.05, 0.1) is 55.9 Å². The number of nitrogens with one attached hydrogen (secondary N) is 1. The second kappa shape index (κ2) is 34.1. The topological polar surface area (TPSA) is 419 Å². The number of aliphatic hydroxyl groups excluding tert-OH is 4. The van der Waals surface area contributed by atoms with Crippen LogP contribution < -0.4 is 11.2 Å². The maximum absolute atomic E-state index is 10.8. The van der Waals surface area contributed by atoms with Gasteiger partial charge in [-0.25, -0.2) is 0 Å². The van der Waals surface area contributed by atoms with Gasteiger partial charge in [0.25, 0.3) is 11.4 Å². The average molecular weight is 1240 g/mol. The number of benzene rings is 6. The van der Waals surface area contributed by atoms with Crippen LogP contribution in [0.15, 0.2) is 156 Å². The van der Waals surface area contributed by atoms with Crippen molar-refractivity contribution in [2.45, 2.75) is 26.1 Å². The molecule has 0 spiro atoms. The van der Waals surface area contributed by atoms with Gasteiger partial charge in [-0.1, -0.05) is 135 Å². The van der Waals surface area contributed by atoms with Gasteiger partial charge in [-0.2, -0.15) is 19.6 Å². The van der Waals surface area contributed by atoms with Gasteiger partial charge in [-0.05, 0) is 80.3 Å². The van der Waals surface area contributed by atoms with Gasteiger partial charge in [-0.3, -0.25) is 20.2 Å². The maximum Gasteiger partial charge on any atom is 0.488 e. The van der Waals surface area contributed by atoms with E-state index >= 15 is 0 Å². The number of para-hydroxylation sites is 3. The third-order valence-corrected chi connectivity index (χ3v) is 11.1. The van der Waals surface area contributed by atoms with Gasteiger partial charge in [0, 0.05) is 38.7 Å². The molecule has 9 N–H and O–H groups in total. The molecule has 0 atom stereocenters. The Morgan fingerprint density at radius 3 is 1.38 bits per heavy atom. The Hall–Kier alpha value is -9.02. The van der Waals surface area contributed by atoms with Crippen LogP contribution in [-0.4, -0.2) is 160 Å². The summed E-state index contributed by atoms with van der Waals surface area (Å²) in [5.74, 6) is 1.45. The number of alkyl halides is 1. The summed E-state index contributed by atoms with van der Waals surface area (Å²) in [5, 5.41) is 122. The lowest BCUT2D eigenvalue weighted by atomic mass is 9.81. The molecule has 0 bridgehead atoms. The number of nitro benzene ring substituents is 2. The van der Waals surface area contributed by atoms with Gasteiger partial charge in [0.1, 0.15) is 11.1 Å². The van der Waals surface area contributed by atoms with Crippen molar-refractivity contribution in [3.8, 4) is 45.6 Å². The van der Waals surface area contributed by atoms with Crippen LogP contribution in [0.3, 0.4) is 0 Å². The third kappa shape index (κ3) is 20.3. The summed E-state index contributed by atoms with van der Waals surface area (Å²) in [6.07, 6.45) is 0.804. The molecular weight excluding hydrogens is 1190 g/mol. The van der Waals surface area contributed by atoms with Gasteiger partial charge < -0.3 is 36.2 Å². The number of halogens is 2. The molecular formula is C49H52BBr2N19O10. The van der Waals surface area contributed by atoms with Gasteiger partial charge >= 0.3 is 7.12 Å². The number of aromatic nitrogens is 16. The Labute approximate surface area is 477 Å². The molecule has 32 heteroatoms. The number of hydrogen-bond acceptors (Lipinski definition) is 23. The van der Waals surface area contributed by atoms with E-state index in [0.717, 1.165) is 27.6 Å². The molecule has 29 nitrogen and oxygen atoms in total. The number of aliphatic hydroxyl groups is 4. The molecule has 0 saturated heterocycles. The van der Waals surface area contributed by atoms with E-state index in [1.807, 2.05) is 54.6 Å². The van der Waals surface area contributed by atoms with E-state index in [4.69, 9.17) is 36.2 Å². The summed E-state index contributed by atoms with van der Waals surface area (Å²) in [6, 6.07) is 44.7. The molecule has 0 saturated carbocycles. The van der Waals surface area contributed by atoms with Gasteiger partial charge in [0.15, 0.2) is 0 Å². The monoisotopic (exact) mass is 1240 g/mol. The van der Waals surface area contributed by atoms with Crippen LogP contribution in [0.5, 0.6) is 0 Å². The smallest absolute Gasteiger partial charge is 0.423 e. The van der Waals surface area contributed by atoms with E-state index in [-0.39, 0.29) is 56.0 Å². The van der Waals surface area contributed by atoms with Crippen LogP contribution in [-0.2, 0) is 26.1 Å². The van der Waals surface area contributed by atoms with Crippen molar-refractivity contribution < 1.29 is 40.3 Å². The molecule has 0 aliphatic carbocycles. The van der Waals surface area contributed by atoms with E-state index in [1.54, 1.807) is 66.7 Å². The van der Waals surface area contributed by atoms with Crippen molar-refractivity contribution in [3.05, 3.63) is 187 Å². The van der Waals surface area contributed by atoms with E-state index in [0.29, 0.717) is 52.3 Å². The molecule has 4 heterocycles. The first kappa shape index (κ1) is 62.8. The number of hydrogen-bond donors (Lipinski definition) is 8. The Balaban J connectivity index is 0.000000187. The molecule has 0 aliphatic heterocycles. The van der Waals surface area contributed by atoms with Crippen molar-refractivity contribution in [1.29, 1.82) is 0 Å². The number of anilines is 1. The number of nitrogens with zero attached hydrogens (tertiary/aromatic N) is 17. The van der Waals surface area contributed by atoms with Crippen molar-refractivity contribution >= 4 is 61.5 Å². The first-order valence-electron chi connectivity index (χ1n) is 23.9. The summed E-state index contributed by atoms with van der Waals surface area (Å²) in [7, 11) is -1.34. The van der Waals surface area contributed by atoms with Crippen LogP contribution >= 0.6 is 31.9 Å². The molecule has 0 unspecified atom stereocenters. The highest BCUT2D eigenvalue weighted by molar-refractivity contribution is 9.10. The predicted octanol–water partition coefficient (Wildman–Crippen LogP) is 3.36. The number of nitrogens with two attached hydrogens (primary N) is 1. The minimum atomic E-state index is -1.34. The van der Waals surface area contributed by atoms with Crippen molar-refractivity contribution in [3.63, 3.8) is 0 Å². The average Bonchev–Trinajstić information content (AvgIpc) is 4.36. The van der Waals surface area contributed by atoms with Gasteiger partial charge in [0.2, 0.25) is 23.3 Å². The highest BCUT2D eigenvalue weighted by Crippen LogP contribution is 2.27. The highest BCUT2D eigenvalue weighted by atomic mass is 79.9. The number of H-pyrrole nitrogens is 1. The van der Waals surface area contributed by atoms with Crippen LogP contribution in [0.4, 0.5) is 17.1 Å². The van der Waals surface area contributed by atoms with Crippen LogP contribution in [0.25, 0.3) is 45.6 Å². The number of aromatic amines is 1. The summed E-state index contributed by atoms with van der Waals surface area (Å²) >= 11 is 6.45. The Morgan fingerprint density at radius 2 is 0.951 bits per heavy atom. The molecule has 4 aromatic heterocycles. The molecule has 10 rings (SSSR count). The molecule has 6 aromatic carbocycles. The lowest BCUT2D eigenvalue weighted by Gasteiger charge is -2.06. The van der Waals surface area contributed by atoms with Crippen molar-refractivity contribution in [1.82, 2.24) is 81.2 Å². The molecule has 0 radical (unpaired) electrons.